The van der Waals surface area contributed by atoms with E-state index in [-0.39, 0.29) is 5.02 Å². The van der Waals surface area contributed by atoms with E-state index in [2.05, 4.69) is 15.3 Å². The molecule has 0 aliphatic carbocycles. The van der Waals surface area contributed by atoms with Gasteiger partial charge in [-0.15, -0.1) is 0 Å². The molecule has 0 bridgehead atoms. The summed E-state index contributed by atoms with van der Waals surface area (Å²) in [5, 5.41) is 3.16. The first kappa shape index (κ1) is 13.5. The minimum Gasteiger partial charge on any atom is -0.309 e. The van der Waals surface area contributed by atoms with Crippen LogP contribution in [0.5, 0.6) is 0 Å². The van der Waals surface area contributed by atoms with Gasteiger partial charge in [0.1, 0.15) is 5.02 Å². The van der Waals surface area contributed by atoms with Crippen LogP contribution in [-0.2, 0) is 13.1 Å². The third-order valence-corrected chi connectivity index (χ3v) is 2.80. The highest BCUT2D eigenvalue weighted by Crippen LogP contribution is 1.95. The molecule has 2 aromatic heterocycles. The average molecular weight is 281 g/mol. The monoisotopic (exact) mass is 280 g/mol. The van der Waals surface area contributed by atoms with Gasteiger partial charge in [0.05, 0.1) is 5.69 Å². The number of nitrogens with zero attached hydrogens (tertiary/aromatic N) is 2. The van der Waals surface area contributed by atoms with Gasteiger partial charge < -0.3 is 5.32 Å². The summed E-state index contributed by atoms with van der Waals surface area (Å²) in [5.74, 6) is 0. The number of hydrogen-bond donors (Lipinski definition) is 2. The first-order valence-corrected chi connectivity index (χ1v) is 6.14. The van der Waals surface area contributed by atoms with Crippen LogP contribution in [0.1, 0.15) is 5.69 Å². The Morgan fingerprint density at radius 2 is 2.21 bits per heavy atom. The summed E-state index contributed by atoms with van der Waals surface area (Å²) in [5.41, 5.74) is -0.104. The van der Waals surface area contributed by atoms with Crippen molar-refractivity contribution in [2.45, 2.75) is 13.1 Å². The summed E-state index contributed by atoms with van der Waals surface area (Å²) in [4.78, 5) is 28.9. The standard InChI is InChI=1S/C12H13ClN4O2/c13-10-8-17(12(19)16-11(10)18)6-5-14-7-9-3-1-2-4-15-9/h1-4,8,14H,5-7H2,(H,16,18,19). The van der Waals surface area contributed by atoms with Gasteiger partial charge in [0, 0.05) is 32.0 Å². The zero-order chi connectivity index (χ0) is 13.7. The van der Waals surface area contributed by atoms with Gasteiger partial charge in [0.15, 0.2) is 0 Å². The van der Waals surface area contributed by atoms with Crippen LogP contribution < -0.4 is 16.6 Å². The van der Waals surface area contributed by atoms with Gasteiger partial charge in [-0.1, -0.05) is 17.7 Å². The van der Waals surface area contributed by atoms with Gasteiger partial charge in [-0.3, -0.25) is 19.3 Å². The molecular weight excluding hydrogens is 268 g/mol. The molecule has 0 amide bonds. The summed E-state index contributed by atoms with van der Waals surface area (Å²) in [7, 11) is 0. The molecule has 0 aliphatic heterocycles. The summed E-state index contributed by atoms with van der Waals surface area (Å²) in [6, 6.07) is 5.68. The first-order valence-electron chi connectivity index (χ1n) is 5.77. The van der Waals surface area contributed by atoms with Gasteiger partial charge in [-0.05, 0) is 12.1 Å². The van der Waals surface area contributed by atoms with Crippen molar-refractivity contribution in [3.05, 3.63) is 62.1 Å². The quantitative estimate of drug-likeness (QED) is 0.776. The summed E-state index contributed by atoms with van der Waals surface area (Å²) in [6.07, 6.45) is 3.06. The molecule has 2 aromatic rings. The normalized spacial score (nSPS) is 10.6. The van der Waals surface area contributed by atoms with Crippen LogP contribution in [0.2, 0.25) is 5.02 Å². The maximum atomic E-state index is 11.5. The minimum atomic E-state index is -0.565. The van der Waals surface area contributed by atoms with Crippen molar-refractivity contribution in [2.75, 3.05) is 6.54 Å². The highest BCUT2D eigenvalue weighted by atomic mass is 35.5. The van der Waals surface area contributed by atoms with Gasteiger partial charge in [-0.25, -0.2) is 4.79 Å². The van der Waals surface area contributed by atoms with Crippen LogP contribution in [0, 0.1) is 0 Å². The van der Waals surface area contributed by atoms with Gasteiger partial charge in [0.2, 0.25) is 0 Å². The fourth-order valence-electron chi connectivity index (χ4n) is 1.57. The van der Waals surface area contributed by atoms with Crippen LogP contribution in [0.25, 0.3) is 0 Å². The zero-order valence-electron chi connectivity index (χ0n) is 10.1. The molecule has 7 heteroatoms. The first-order chi connectivity index (χ1) is 9.16. The molecule has 0 radical (unpaired) electrons. The van der Waals surface area contributed by atoms with Crippen LogP contribution in [0.4, 0.5) is 0 Å². The third-order valence-electron chi connectivity index (χ3n) is 2.53. The molecule has 0 aliphatic rings. The van der Waals surface area contributed by atoms with E-state index >= 15 is 0 Å². The second-order valence-electron chi connectivity index (χ2n) is 3.93. The number of nitrogens with one attached hydrogen (secondary N) is 2. The van der Waals surface area contributed by atoms with Crippen LogP contribution >= 0.6 is 11.6 Å². The Morgan fingerprint density at radius 1 is 1.37 bits per heavy atom. The lowest BCUT2D eigenvalue weighted by Gasteiger charge is -2.06. The summed E-state index contributed by atoms with van der Waals surface area (Å²) in [6.45, 7) is 1.60. The van der Waals surface area contributed by atoms with Crippen molar-refractivity contribution in [1.82, 2.24) is 19.9 Å². The molecule has 0 saturated heterocycles. The fraction of sp³-hybridized carbons (Fsp3) is 0.250. The Balaban J connectivity index is 1.88. The summed E-state index contributed by atoms with van der Waals surface area (Å²) >= 11 is 5.66. The Morgan fingerprint density at radius 3 is 2.95 bits per heavy atom. The number of pyridine rings is 1. The smallest absolute Gasteiger partial charge is 0.309 e. The molecule has 0 atom stereocenters. The van der Waals surface area contributed by atoms with E-state index in [9.17, 15) is 9.59 Å². The Labute approximate surface area is 114 Å². The number of aromatic amines is 1. The van der Waals surface area contributed by atoms with E-state index in [1.807, 2.05) is 18.2 Å². The van der Waals surface area contributed by atoms with Crippen molar-refractivity contribution < 1.29 is 0 Å². The Bertz CT molecular complexity index is 651. The van der Waals surface area contributed by atoms with Crippen LogP contribution in [0.3, 0.4) is 0 Å². The average Bonchev–Trinajstić information content (AvgIpc) is 2.41. The Hall–Kier alpha value is -1.92. The highest BCUT2D eigenvalue weighted by Gasteiger charge is 2.01. The highest BCUT2D eigenvalue weighted by molar-refractivity contribution is 6.30. The Kier molecular flexibility index (Phi) is 4.48. The lowest BCUT2D eigenvalue weighted by Crippen LogP contribution is -2.32. The molecule has 0 aromatic carbocycles. The van der Waals surface area contributed by atoms with Crippen LogP contribution in [-0.4, -0.2) is 21.1 Å². The fourth-order valence-corrected chi connectivity index (χ4v) is 1.73. The molecule has 19 heavy (non-hydrogen) atoms. The minimum absolute atomic E-state index is 0.00401. The number of aromatic nitrogens is 3. The van der Waals surface area contributed by atoms with E-state index in [4.69, 9.17) is 11.6 Å². The van der Waals surface area contributed by atoms with Crippen molar-refractivity contribution >= 4 is 11.6 Å². The molecule has 0 unspecified atom stereocenters. The molecule has 0 saturated carbocycles. The molecule has 2 rings (SSSR count). The van der Waals surface area contributed by atoms with E-state index in [1.54, 1.807) is 6.20 Å². The second kappa shape index (κ2) is 6.31. The lowest BCUT2D eigenvalue weighted by molar-refractivity contribution is 0.570. The third kappa shape index (κ3) is 3.77. The molecule has 6 nitrogen and oxygen atoms in total. The molecule has 0 spiro atoms. The SMILES string of the molecule is O=c1[nH]c(=O)n(CCNCc2ccccn2)cc1Cl. The van der Waals surface area contributed by atoms with Crippen molar-refractivity contribution in [3.63, 3.8) is 0 Å². The molecular formula is C12H13ClN4O2. The van der Waals surface area contributed by atoms with E-state index in [1.165, 1.54) is 10.8 Å². The van der Waals surface area contributed by atoms with Crippen molar-refractivity contribution in [1.29, 1.82) is 0 Å². The van der Waals surface area contributed by atoms with E-state index < -0.39 is 11.2 Å². The van der Waals surface area contributed by atoms with Gasteiger partial charge in [-0.2, -0.15) is 0 Å². The zero-order valence-corrected chi connectivity index (χ0v) is 10.9. The van der Waals surface area contributed by atoms with Crippen molar-refractivity contribution in [2.24, 2.45) is 0 Å². The maximum Gasteiger partial charge on any atom is 0.328 e. The largest absolute Gasteiger partial charge is 0.328 e. The number of H-pyrrole nitrogens is 1. The number of halogens is 1. The van der Waals surface area contributed by atoms with E-state index in [0.29, 0.717) is 19.6 Å². The van der Waals surface area contributed by atoms with Crippen molar-refractivity contribution in [3.8, 4) is 0 Å². The van der Waals surface area contributed by atoms with Crippen LogP contribution in [0.15, 0.2) is 40.2 Å². The second-order valence-corrected chi connectivity index (χ2v) is 4.33. The topological polar surface area (TPSA) is 79.8 Å². The molecule has 0 fully saturated rings. The maximum absolute atomic E-state index is 11.5. The predicted octanol–water partition coefficient (Wildman–Crippen LogP) is 0.375. The molecule has 2 heterocycles. The number of hydrogen-bond acceptors (Lipinski definition) is 4. The predicted molar refractivity (Wildman–Crippen MR) is 72.3 cm³/mol. The molecule has 100 valence electrons. The van der Waals surface area contributed by atoms with Gasteiger partial charge in [0.25, 0.3) is 5.56 Å². The van der Waals surface area contributed by atoms with E-state index in [0.717, 1.165) is 5.69 Å². The molecule has 2 N–H and O–H groups in total. The summed E-state index contributed by atoms with van der Waals surface area (Å²) < 4.78 is 1.36. The van der Waals surface area contributed by atoms with Gasteiger partial charge >= 0.3 is 5.69 Å². The number of rotatable bonds is 5. The lowest BCUT2D eigenvalue weighted by atomic mass is 10.3.